The summed E-state index contributed by atoms with van der Waals surface area (Å²) < 4.78 is 26.5. The van der Waals surface area contributed by atoms with Crippen LogP contribution in [0, 0.1) is 17.8 Å². The lowest BCUT2D eigenvalue weighted by atomic mass is 9.69. The minimum Gasteiger partial charge on any atom is -0.335 e. The topological polar surface area (TPSA) is 78.0 Å². The molecule has 0 aromatic carbocycles. The average Bonchev–Trinajstić information content (AvgIpc) is 2.71. The normalized spacial score (nSPS) is 36.5. The Bertz CT molecular complexity index is 817. The Morgan fingerprint density at radius 3 is 2.03 bits per heavy atom. The predicted octanol–water partition coefficient (Wildman–Crippen LogP) is 2.85. The van der Waals surface area contributed by atoms with Crippen molar-refractivity contribution in [2.45, 2.75) is 101 Å². The maximum Gasteiger partial charge on any atom is 0.226 e. The lowest BCUT2D eigenvalue weighted by molar-refractivity contribution is -0.159. The van der Waals surface area contributed by atoms with Crippen LogP contribution in [-0.4, -0.2) is 78.4 Å². The summed E-state index contributed by atoms with van der Waals surface area (Å²) in [5.41, 5.74) is 0. The molecule has 4 atom stereocenters. The Hall–Kier alpha value is -1.15. The molecule has 7 nitrogen and oxygen atoms in total. The van der Waals surface area contributed by atoms with Gasteiger partial charge in [-0.1, -0.05) is 6.42 Å². The van der Waals surface area contributed by atoms with Gasteiger partial charge in [-0.2, -0.15) is 0 Å². The first-order chi connectivity index (χ1) is 15.1. The van der Waals surface area contributed by atoms with E-state index in [1.807, 2.05) is 4.90 Å². The van der Waals surface area contributed by atoms with Gasteiger partial charge in [-0.05, 0) is 76.5 Å². The Kier molecular flexibility index (Phi) is 6.93. The molecule has 3 aliphatic carbocycles. The van der Waals surface area contributed by atoms with Crippen LogP contribution in [0.3, 0.4) is 0 Å². The summed E-state index contributed by atoms with van der Waals surface area (Å²) in [6, 6.07) is 0.313. The van der Waals surface area contributed by atoms with Crippen molar-refractivity contribution in [1.29, 1.82) is 0 Å². The molecule has 1 aliphatic heterocycles. The molecule has 0 N–H and O–H groups in total. The van der Waals surface area contributed by atoms with Crippen molar-refractivity contribution in [2.75, 3.05) is 20.6 Å². The summed E-state index contributed by atoms with van der Waals surface area (Å²) >= 11 is 0. The largest absolute Gasteiger partial charge is 0.335 e. The summed E-state index contributed by atoms with van der Waals surface area (Å²) in [5.74, 6) is 1.64. The molecule has 1 heterocycles. The molecule has 8 heteroatoms. The van der Waals surface area contributed by atoms with E-state index in [9.17, 15) is 18.0 Å². The van der Waals surface area contributed by atoms with Gasteiger partial charge in [0.25, 0.3) is 0 Å². The fraction of sp³-hybridized carbons (Fsp3) is 0.917. The number of carbonyl (C=O) groups is 2. The van der Waals surface area contributed by atoms with Crippen LogP contribution in [0.1, 0.15) is 78.1 Å². The third kappa shape index (κ3) is 4.33. The minimum atomic E-state index is -3.19. The molecule has 182 valence electrons. The molecule has 3 saturated carbocycles. The molecule has 2 amide bonds. The van der Waals surface area contributed by atoms with Crippen LogP contribution in [0.25, 0.3) is 0 Å². The van der Waals surface area contributed by atoms with Crippen molar-refractivity contribution in [3.05, 3.63) is 0 Å². The summed E-state index contributed by atoms with van der Waals surface area (Å²) in [7, 11) is 0.0666. The van der Waals surface area contributed by atoms with E-state index in [2.05, 4.69) is 11.8 Å². The highest BCUT2D eigenvalue weighted by molar-refractivity contribution is 7.89. The van der Waals surface area contributed by atoms with Crippen molar-refractivity contribution in [3.8, 4) is 0 Å². The third-order valence-electron chi connectivity index (χ3n) is 8.93. The molecule has 0 radical (unpaired) electrons. The fourth-order valence-corrected chi connectivity index (χ4v) is 8.39. The molecule has 0 bridgehead atoms. The average molecular weight is 468 g/mol. The molecular weight excluding hydrogens is 426 g/mol. The predicted molar refractivity (Wildman–Crippen MR) is 124 cm³/mol. The summed E-state index contributed by atoms with van der Waals surface area (Å²) in [6.07, 6.45) is 9.49. The van der Waals surface area contributed by atoms with Gasteiger partial charge in [-0.15, -0.1) is 0 Å². The van der Waals surface area contributed by atoms with Gasteiger partial charge < -0.3 is 9.80 Å². The molecule has 0 aromatic heterocycles. The van der Waals surface area contributed by atoms with Crippen LogP contribution in [0.4, 0.5) is 0 Å². The quantitative estimate of drug-likeness (QED) is 0.637. The first-order valence-electron chi connectivity index (χ1n) is 12.6. The smallest absolute Gasteiger partial charge is 0.226 e. The van der Waals surface area contributed by atoms with E-state index in [0.717, 1.165) is 64.2 Å². The highest BCUT2D eigenvalue weighted by Gasteiger charge is 2.49. The van der Waals surface area contributed by atoms with Crippen LogP contribution in [0.2, 0.25) is 0 Å². The molecule has 1 saturated heterocycles. The monoisotopic (exact) mass is 467 g/mol. The molecule has 4 rings (SSSR count). The molecule has 0 aromatic rings. The summed E-state index contributed by atoms with van der Waals surface area (Å²) in [6.45, 7) is 4.39. The molecule has 4 aliphatic rings. The number of amides is 2. The van der Waals surface area contributed by atoms with Crippen molar-refractivity contribution in [1.82, 2.24) is 14.1 Å². The summed E-state index contributed by atoms with van der Waals surface area (Å²) in [5, 5.41) is -0.259. The van der Waals surface area contributed by atoms with Crippen molar-refractivity contribution >= 4 is 21.8 Å². The van der Waals surface area contributed by atoms with Gasteiger partial charge in [-0.3, -0.25) is 9.59 Å². The lowest BCUT2D eigenvalue weighted by Crippen LogP contribution is -2.67. The van der Waals surface area contributed by atoms with Gasteiger partial charge in [-0.25, -0.2) is 12.7 Å². The number of hydrogen-bond donors (Lipinski definition) is 0. The second-order valence-corrected chi connectivity index (χ2v) is 13.4. The van der Waals surface area contributed by atoms with Crippen LogP contribution in [0.15, 0.2) is 0 Å². The summed E-state index contributed by atoms with van der Waals surface area (Å²) in [4.78, 5) is 30.0. The second kappa shape index (κ2) is 9.24. The van der Waals surface area contributed by atoms with E-state index in [4.69, 9.17) is 0 Å². The van der Waals surface area contributed by atoms with E-state index in [1.54, 1.807) is 21.0 Å². The number of sulfonamides is 1. The van der Waals surface area contributed by atoms with Crippen molar-refractivity contribution in [3.63, 3.8) is 0 Å². The van der Waals surface area contributed by atoms with Crippen LogP contribution in [-0.2, 0) is 19.6 Å². The number of hydrogen-bond acceptors (Lipinski definition) is 4. The minimum absolute atomic E-state index is 0.0704. The van der Waals surface area contributed by atoms with Gasteiger partial charge in [0, 0.05) is 39.5 Å². The zero-order chi connectivity index (χ0) is 23.2. The third-order valence-corrected chi connectivity index (χ3v) is 11.3. The maximum atomic E-state index is 13.3. The Labute approximate surface area is 193 Å². The SMILES string of the molecule is CC(=O)N1C2CCC(C3CCC(S(=O)(=O)N(C)C)CC3)CC2N(C(=O)C2CCC2)C[C@@H]1C. The van der Waals surface area contributed by atoms with Crippen molar-refractivity contribution < 1.29 is 18.0 Å². The van der Waals surface area contributed by atoms with Crippen molar-refractivity contribution in [2.24, 2.45) is 17.8 Å². The van der Waals surface area contributed by atoms with E-state index >= 15 is 0 Å². The Morgan fingerprint density at radius 1 is 0.875 bits per heavy atom. The van der Waals surface area contributed by atoms with Crippen LogP contribution >= 0.6 is 0 Å². The van der Waals surface area contributed by atoms with Gasteiger partial charge in [0.05, 0.1) is 17.3 Å². The van der Waals surface area contributed by atoms with Gasteiger partial charge in [0.1, 0.15) is 0 Å². The first kappa shape index (κ1) is 24.0. The lowest BCUT2D eigenvalue weighted by Gasteiger charge is -2.55. The van der Waals surface area contributed by atoms with Crippen LogP contribution < -0.4 is 0 Å². The highest BCUT2D eigenvalue weighted by atomic mass is 32.2. The standard InChI is InChI=1S/C24H41N3O4S/c1-16-15-26(24(29)19-6-5-7-19)23-14-20(10-13-22(23)27(16)17(2)28)18-8-11-21(12-9-18)32(30,31)25(3)4/h16,18-23H,5-15H2,1-4H3/t16-,18?,20?,21?,22?,23?/m0/s1. The van der Waals surface area contributed by atoms with E-state index < -0.39 is 10.0 Å². The molecular formula is C24H41N3O4S. The Morgan fingerprint density at radius 2 is 1.50 bits per heavy atom. The van der Waals surface area contributed by atoms with E-state index in [1.165, 1.54) is 4.31 Å². The molecule has 3 unspecified atom stereocenters. The highest BCUT2D eigenvalue weighted by Crippen LogP contribution is 2.44. The number of nitrogens with zero attached hydrogens (tertiary/aromatic N) is 3. The van der Waals surface area contributed by atoms with Crippen LogP contribution in [0.5, 0.6) is 0 Å². The molecule has 4 fully saturated rings. The number of rotatable bonds is 4. The zero-order valence-corrected chi connectivity index (χ0v) is 21.0. The molecule has 0 spiro atoms. The first-order valence-corrected chi connectivity index (χ1v) is 14.1. The van der Waals surface area contributed by atoms with E-state index in [-0.39, 0.29) is 35.2 Å². The second-order valence-electron chi connectivity index (χ2n) is 11.0. The van der Waals surface area contributed by atoms with Gasteiger partial charge in [0.2, 0.25) is 21.8 Å². The van der Waals surface area contributed by atoms with Gasteiger partial charge in [0.15, 0.2) is 0 Å². The fourth-order valence-electron chi connectivity index (χ4n) is 6.93. The van der Waals surface area contributed by atoms with Gasteiger partial charge >= 0.3 is 0 Å². The van der Waals surface area contributed by atoms with E-state index in [0.29, 0.717) is 24.3 Å². The number of fused-ring (bicyclic) bond motifs is 1. The number of piperazine rings is 1. The zero-order valence-electron chi connectivity index (χ0n) is 20.2. The Balaban J connectivity index is 1.47. The number of carbonyl (C=O) groups excluding carboxylic acids is 2. The maximum absolute atomic E-state index is 13.3. The molecule has 32 heavy (non-hydrogen) atoms.